The molecule has 0 bridgehead atoms. The van der Waals surface area contributed by atoms with E-state index in [1.165, 1.54) is 6.07 Å². The Morgan fingerprint density at radius 1 is 1.00 bits per heavy atom. The molecule has 0 fully saturated rings. The van der Waals surface area contributed by atoms with Crippen molar-refractivity contribution in [2.75, 3.05) is 0 Å². The number of carbonyl (C=O) groups is 1. The zero-order valence-electron chi connectivity index (χ0n) is 9.91. The maximum atomic E-state index is 13.4. The molecule has 18 heavy (non-hydrogen) atoms. The summed E-state index contributed by atoms with van der Waals surface area (Å²) in [6.45, 7) is 1.80. The van der Waals surface area contributed by atoms with Gasteiger partial charge in [0, 0.05) is 17.5 Å². The largest absolute Gasteiger partial charge is 0.294 e. The molecule has 0 N–H and O–H groups in total. The van der Waals surface area contributed by atoms with E-state index in [1.807, 2.05) is 6.07 Å². The zero-order chi connectivity index (χ0) is 13.1. The zero-order valence-corrected chi connectivity index (χ0v) is 9.91. The minimum absolute atomic E-state index is 0.175. The van der Waals surface area contributed by atoms with Crippen LogP contribution in [0.15, 0.2) is 42.5 Å². The lowest BCUT2D eigenvalue weighted by atomic mass is 9.99. The maximum Gasteiger partial charge on any atom is 0.167 e. The van der Waals surface area contributed by atoms with Gasteiger partial charge in [-0.25, -0.2) is 8.78 Å². The van der Waals surface area contributed by atoms with Gasteiger partial charge in [0.1, 0.15) is 11.6 Å². The van der Waals surface area contributed by atoms with Crippen LogP contribution in [-0.2, 0) is 6.42 Å². The van der Waals surface area contributed by atoms with Gasteiger partial charge in [0.05, 0.1) is 0 Å². The Kier molecular flexibility index (Phi) is 3.51. The van der Waals surface area contributed by atoms with E-state index in [-0.39, 0.29) is 17.8 Å². The summed E-state index contributed by atoms with van der Waals surface area (Å²) < 4.78 is 26.9. The van der Waals surface area contributed by atoms with E-state index < -0.39 is 11.6 Å². The molecular formula is C15H12F2O. The Bertz CT molecular complexity index is 571. The number of benzene rings is 2. The van der Waals surface area contributed by atoms with Crippen molar-refractivity contribution >= 4 is 5.78 Å². The third kappa shape index (κ3) is 2.45. The van der Waals surface area contributed by atoms with Crippen LogP contribution in [0, 0.1) is 18.6 Å². The Labute approximate surface area is 104 Å². The lowest BCUT2D eigenvalue weighted by Gasteiger charge is -2.06. The predicted octanol–water partition coefficient (Wildman–Crippen LogP) is 3.70. The number of carbonyl (C=O) groups excluding carboxylic acids is 1. The number of hydrogen-bond acceptors (Lipinski definition) is 1. The van der Waals surface area contributed by atoms with Crippen molar-refractivity contribution in [1.29, 1.82) is 0 Å². The first-order valence-corrected chi connectivity index (χ1v) is 5.61. The van der Waals surface area contributed by atoms with Gasteiger partial charge in [0.2, 0.25) is 0 Å². The molecule has 0 aliphatic carbocycles. The molecule has 0 spiro atoms. The minimum atomic E-state index is -0.683. The second kappa shape index (κ2) is 5.08. The van der Waals surface area contributed by atoms with E-state index in [9.17, 15) is 13.6 Å². The summed E-state index contributed by atoms with van der Waals surface area (Å²) in [5.41, 5.74) is 1.13. The van der Waals surface area contributed by atoms with E-state index in [1.54, 1.807) is 25.1 Å². The first-order valence-electron chi connectivity index (χ1n) is 5.61. The number of hydrogen-bond donors (Lipinski definition) is 0. The van der Waals surface area contributed by atoms with Crippen LogP contribution in [0.3, 0.4) is 0 Å². The summed E-state index contributed by atoms with van der Waals surface area (Å²) >= 11 is 0. The smallest absolute Gasteiger partial charge is 0.167 e. The molecule has 1 nitrogen and oxygen atoms in total. The van der Waals surface area contributed by atoms with Crippen molar-refractivity contribution in [3.05, 3.63) is 70.8 Å². The van der Waals surface area contributed by atoms with E-state index in [2.05, 4.69) is 0 Å². The summed E-state index contributed by atoms with van der Waals surface area (Å²) in [7, 11) is 0. The molecule has 0 radical (unpaired) electrons. The second-order valence-electron chi connectivity index (χ2n) is 4.12. The van der Waals surface area contributed by atoms with E-state index >= 15 is 0 Å². The van der Waals surface area contributed by atoms with Crippen molar-refractivity contribution in [2.24, 2.45) is 0 Å². The Hall–Kier alpha value is -2.03. The van der Waals surface area contributed by atoms with Gasteiger partial charge < -0.3 is 0 Å². The molecule has 0 aromatic heterocycles. The first-order chi connectivity index (χ1) is 8.59. The molecular weight excluding hydrogens is 234 g/mol. The fraction of sp³-hybridized carbons (Fsp3) is 0.133. The standard InChI is InChI=1S/C15H12F2O/c1-10-5-2-3-6-11(10)15(18)9-12-13(16)7-4-8-14(12)17/h2-8H,9H2,1H3. The average Bonchev–Trinajstić information content (AvgIpc) is 2.34. The highest BCUT2D eigenvalue weighted by atomic mass is 19.1. The van der Waals surface area contributed by atoms with Crippen molar-refractivity contribution in [3.8, 4) is 0 Å². The van der Waals surface area contributed by atoms with Gasteiger partial charge >= 0.3 is 0 Å². The summed E-state index contributed by atoms with van der Waals surface area (Å²) in [5, 5.41) is 0. The first kappa shape index (κ1) is 12.4. The second-order valence-corrected chi connectivity index (χ2v) is 4.12. The van der Waals surface area contributed by atoms with Crippen LogP contribution in [0.1, 0.15) is 21.5 Å². The monoisotopic (exact) mass is 246 g/mol. The lowest BCUT2D eigenvalue weighted by molar-refractivity contribution is 0.0990. The van der Waals surface area contributed by atoms with Gasteiger partial charge in [-0.05, 0) is 24.6 Å². The molecule has 0 aliphatic heterocycles. The van der Waals surface area contributed by atoms with Crippen LogP contribution in [-0.4, -0.2) is 5.78 Å². The summed E-state index contributed by atoms with van der Waals surface area (Å²) in [5.74, 6) is -1.65. The van der Waals surface area contributed by atoms with E-state index in [0.29, 0.717) is 5.56 Å². The lowest BCUT2D eigenvalue weighted by Crippen LogP contribution is -2.08. The van der Waals surface area contributed by atoms with E-state index in [4.69, 9.17) is 0 Å². The van der Waals surface area contributed by atoms with Crippen LogP contribution >= 0.6 is 0 Å². The van der Waals surface area contributed by atoms with Crippen molar-refractivity contribution in [2.45, 2.75) is 13.3 Å². The minimum Gasteiger partial charge on any atom is -0.294 e. The number of halogens is 2. The van der Waals surface area contributed by atoms with Crippen molar-refractivity contribution in [1.82, 2.24) is 0 Å². The number of ketones is 1. The van der Waals surface area contributed by atoms with Crippen molar-refractivity contribution < 1.29 is 13.6 Å². The molecule has 2 aromatic carbocycles. The normalized spacial score (nSPS) is 10.4. The predicted molar refractivity (Wildman–Crippen MR) is 65.6 cm³/mol. The fourth-order valence-corrected chi connectivity index (χ4v) is 1.84. The molecule has 2 aromatic rings. The van der Waals surface area contributed by atoms with E-state index in [0.717, 1.165) is 17.7 Å². The molecule has 0 amide bonds. The van der Waals surface area contributed by atoms with Gasteiger partial charge in [0.15, 0.2) is 5.78 Å². The quantitative estimate of drug-likeness (QED) is 0.755. The molecule has 0 saturated carbocycles. The van der Waals surface area contributed by atoms with Crippen LogP contribution < -0.4 is 0 Å². The molecule has 0 unspecified atom stereocenters. The molecule has 2 rings (SSSR count). The van der Waals surface area contributed by atoms with Crippen LogP contribution in [0.5, 0.6) is 0 Å². The summed E-state index contributed by atoms with van der Waals surface area (Å²) in [6, 6.07) is 10.6. The highest BCUT2D eigenvalue weighted by Gasteiger charge is 2.15. The molecule has 0 atom stereocenters. The number of rotatable bonds is 3. The van der Waals surface area contributed by atoms with Gasteiger partial charge in [-0.2, -0.15) is 0 Å². The SMILES string of the molecule is Cc1ccccc1C(=O)Cc1c(F)cccc1F. The maximum absolute atomic E-state index is 13.4. The van der Waals surface area contributed by atoms with Crippen LogP contribution in [0.2, 0.25) is 0 Å². The highest BCUT2D eigenvalue weighted by Crippen LogP contribution is 2.16. The third-order valence-electron chi connectivity index (χ3n) is 2.84. The topological polar surface area (TPSA) is 17.1 Å². The summed E-state index contributed by atoms with van der Waals surface area (Å²) in [4.78, 5) is 12.0. The molecule has 0 aliphatic rings. The van der Waals surface area contributed by atoms with Crippen LogP contribution in [0.4, 0.5) is 8.78 Å². The average molecular weight is 246 g/mol. The molecule has 0 saturated heterocycles. The third-order valence-corrected chi connectivity index (χ3v) is 2.84. The number of Topliss-reactive ketones (excluding diaryl/α,β-unsaturated/α-hetero) is 1. The molecule has 0 heterocycles. The Morgan fingerprint density at radius 3 is 2.22 bits per heavy atom. The van der Waals surface area contributed by atoms with Gasteiger partial charge in [-0.3, -0.25) is 4.79 Å². The fourth-order valence-electron chi connectivity index (χ4n) is 1.84. The Morgan fingerprint density at radius 2 is 1.61 bits per heavy atom. The van der Waals surface area contributed by atoms with Gasteiger partial charge in [-0.15, -0.1) is 0 Å². The van der Waals surface area contributed by atoms with Gasteiger partial charge in [-0.1, -0.05) is 30.3 Å². The Balaban J connectivity index is 2.30. The molecule has 92 valence electrons. The highest BCUT2D eigenvalue weighted by molar-refractivity contribution is 5.98. The van der Waals surface area contributed by atoms with Gasteiger partial charge in [0.25, 0.3) is 0 Å². The van der Waals surface area contributed by atoms with Crippen LogP contribution in [0.25, 0.3) is 0 Å². The summed E-state index contributed by atoms with van der Waals surface area (Å²) in [6.07, 6.45) is -0.261. The number of aryl methyl sites for hydroxylation is 1. The molecule has 3 heteroatoms. The van der Waals surface area contributed by atoms with Crippen molar-refractivity contribution in [3.63, 3.8) is 0 Å².